The molecular formula is C24H25N7O7S. The Morgan fingerprint density at radius 1 is 1.28 bits per heavy atom. The second kappa shape index (κ2) is 11.5. The van der Waals surface area contributed by atoms with Gasteiger partial charge < -0.3 is 25.0 Å². The number of aliphatic hydroxyl groups excluding tert-OH is 2. The number of aromatic nitrogens is 4. The van der Waals surface area contributed by atoms with Crippen molar-refractivity contribution < 1.29 is 32.4 Å². The molecule has 15 heteroatoms. The zero-order valence-electron chi connectivity index (χ0n) is 20.3. The van der Waals surface area contributed by atoms with Gasteiger partial charge in [-0.2, -0.15) is 18.7 Å². The number of nitrogens with one attached hydrogen (secondary N) is 2. The van der Waals surface area contributed by atoms with Crippen molar-refractivity contribution in [2.45, 2.75) is 31.2 Å². The molecule has 1 saturated carbocycles. The summed E-state index contributed by atoms with van der Waals surface area (Å²) in [6, 6.07) is 7.83. The lowest BCUT2D eigenvalue weighted by molar-refractivity contribution is -0.111. The summed E-state index contributed by atoms with van der Waals surface area (Å²) in [6.07, 6.45) is 3.26. The van der Waals surface area contributed by atoms with Gasteiger partial charge in [-0.05, 0) is 41.8 Å². The van der Waals surface area contributed by atoms with Crippen LogP contribution in [0.3, 0.4) is 0 Å². The van der Waals surface area contributed by atoms with E-state index >= 15 is 0 Å². The molecule has 2 aromatic heterocycles. The van der Waals surface area contributed by atoms with Crippen LogP contribution < -0.4 is 15.8 Å². The van der Waals surface area contributed by atoms with Gasteiger partial charge >= 0.3 is 10.3 Å². The fourth-order valence-corrected chi connectivity index (χ4v) is 4.20. The van der Waals surface area contributed by atoms with Gasteiger partial charge in [0.25, 0.3) is 0 Å². The Morgan fingerprint density at radius 2 is 2.08 bits per heavy atom. The van der Waals surface area contributed by atoms with Crippen LogP contribution in [-0.2, 0) is 25.8 Å². The number of hydrogen-bond acceptors (Lipinski definition) is 11. The molecule has 0 saturated heterocycles. The van der Waals surface area contributed by atoms with Gasteiger partial charge in [0.05, 0.1) is 18.2 Å². The standard InChI is InChI=1S/C24H25N7O7S/c1-2-20(32)28-16-5-3-4-14(8-16)11-31-7-6-18(30-31)22(34)17-10-26-13-27-24(17)29-19-9-15(21(33)23(19)35)12-38-39(25,36)37/h2-8,10,12-13,19,21,23,33,35H,1,9,11H2,(H,28,32)(H2,25,36,37)(H,26,27,29)/b15-12-/t19-,21-,23+/m1/s1. The summed E-state index contributed by atoms with van der Waals surface area (Å²) in [4.78, 5) is 32.8. The number of ketones is 1. The third-order valence-electron chi connectivity index (χ3n) is 5.78. The number of anilines is 2. The van der Waals surface area contributed by atoms with Crippen molar-refractivity contribution in [1.29, 1.82) is 0 Å². The van der Waals surface area contributed by atoms with Gasteiger partial charge in [-0.25, -0.2) is 9.97 Å². The maximum Gasteiger partial charge on any atom is 0.379 e. The molecule has 3 atom stereocenters. The van der Waals surface area contributed by atoms with Gasteiger partial charge in [0.1, 0.15) is 36.3 Å². The molecule has 0 bridgehead atoms. The number of hydrogen-bond donors (Lipinski definition) is 5. The summed E-state index contributed by atoms with van der Waals surface area (Å²) in [6.45, 7) is 3.75. The maximum absolute atomic E-state index is 13.3. The molecular weight excluding hydrogens is 530 g/mol. The minimum atomic E-state index is -4.29. The number of rotatable bonds is 10. The van der Waals surface area contributed by atoms with Crippen LogP contribution in [0.4, 0.5) is 11.5 Å². The Labute approximate surface area is 223 Å². The number of nitrogens with two attached hydrogens (primary N) is 1. The minimum absolute atomic E-state index is 0.0174. The zero-order chi connectivity index (χ0) is 28.2. The van der Waals surface area contributed by atoms with Crippen molar-refractivity contribution in [2.24, 2.45) is 5.14 Å². The highest BCUT2D eigenvalue weighted by Gasteiger charge is 2.39. The molecule has 1 fully saturated rings. The van der Waals surface area contributed by atoms with Crippen LogP contribution in [0, 0.1) is 0 Å². The first-order chi connectivity index (χ1) is 18.5. The van der Waals surface area contributed by atoms with Gasteiger partial charge in [-0.15, -0.1) is 0 Å². The number of amides is 1. The van der Waals surface area contributed by atoms with Gasteiger partial charge in [-0.3, -0.25) is 14.3 Å². The smallest absolute Gasteiger partial charge is 0.379 e. The second-order valence-electron chi connectivity index (χ2n) is 8.58. The summed E-state index contributed by atoms with van der Waals surface area (Å²) in [5.41, 5.74) is 1.68. The van der Waals surface area contributed by atoms with Crippen molar-refractivity contribution in [3.8, 4) is 0 Å². The third kappa shape index (κ3) is 6.91. The molecule has 0 aliphatic heterocycles. The molecule has 3 aromatic rings. The van der Waals surface area contributed by atoms with Gasteiger partial charge in [0, 0.05) is 18.1 Å². The fourth-order valence-electron chi connectivity index (χ4n) is 3.94. The van der Waals surface area contributed by atoms with E-state index in [0.29, 0.717) is 12.2 Å². The average molecular weight is 556 g/mol. The van der Waals surface area contributed by atoms with Crippen LogP contribution in [0.25, 0.3) is 0 Å². The molecule has 1 aliphatic rings. The number of carbonyl (C=O) groups excluding carboxylic acids is 2. The Hall–Kier alpha value is -4.44. The molecule has 1 amide bonds. The van der Waals surface area contributed by atoms with Crippen LogP contribution in [0.1, 0.15) is 28.0 Å². The van der Waals surface area contributed by atoms with Crippen molar-refractivity contribution in [1.82, 2.24) is 19.7 Å². The molecule has 39 heavy (non-hydrogen) atoms. The summed E-state index contributed by atoms with van der Waals surface area (Å²) in [5.74, 6) is -0.748. The number of aliphatic hydroxyl groups is 2. The maximum atomic E-state index is 13.3. The summed E-state index contributed by atoms with van der Waals surface area (Å²) in [7, 11) is -4.29. The largest absolute Gasteiger partial charge is 0.388 e. The number of carbonyl (C=O) groups is 2. The molecule has 0 unspecified atom stereocenters. The highest BCUT2D eigenvalue weighted by atomic mass is 32.2. The highest BCUT2D eigenvalue weighted by molar-refractivity contribution is 7.84. The average Bonchev–Trinajstić information content (AvgIpc) is 3.47. The molecule has 6 N–H and O–H groups in total. The van der Waals surface area contributed by atoms with E-state index < -0.39 is 34.3 Å². The zero-order valence-corrected chi connectivity index (χ0v) is 21.2. The Kier molecular flexibility index (Phi) is 8.15. The molecule has 4 rings (SSSR count). The molecule has 0 spiro atoms. The topological polar surface area (TPSA) is 212 Å². The SMILES string of the molecule is C=CC(=O)Nc1cccc(Cn2ccc(C(=O)c3cncnc3N[C@@H]3C/C(=C/OS(N)(=O)=O)[C@@H](O)[C@H]3O)n2)c1. The van der Waals surface area contributed by atoms with Crippen LogP contribution in [0.15, 0.2) is 73.5 Å². The first-order valence-corrected chi connectivity index (χ1v) is 12.9. The normalized spacial score (nSPS) is 20.0. The Balaban J connectivity index is 1.48. The van der Waals surface area contributed by atoms with E-state index in [0.717, 1.165) is 11.8 Å². The van der Waals surface area contributed by atoms with Crippen molar-refractivity contribution in [3.63, 3.8) is 0 Å². The monoisotopic (exact) mass is 555 g/mol. The Morgan fingerprint density at radius 3 is 2.82 bits per heavy atom. The molecule has 204 valence electrons. The molecule has 1 aromatic carbocycles. The van der Waals surface area contributed by atoms with Gasteiger partial charge in [0.2, 0.25) is 11.7 Å². The van der Waals surface area contributed by atoms with Crippen LogP contribution in [0.2, 0.25) is 0 Å². The third-order valence-corrected chi connectivity index (χ3v) is 6.15. The first-order valence-electron chi connectivity index (χ1n) is 11.5. The minimum Gasteiger partial charge on any atom is -0.388 e. The second-order valence-corrected chi connectivity index (χ2v) is 9.76. The predicted molar refractivity (Wildman–Crippen MR) is 138 cm³/mol. The fraction of sp³-hybridized carbons (Fsp3) is 0.208. The quantitative estimate of drug-likeness (QED) is 0.128. The van der Waals surface area contributed by atoms with E-state index in [1.165, 1.54) is 24.7 Å². The lowest BCUT2D eigenvalue weighted by atomic mass is 10.1. The van der Waals surface area contributed by atoms with Crippen molar-refractivity contribution >= 4 is 33.5 Å². The van der Waals surface area contributed by atoms with Crippen LogP contribution in [0.5, 0.6) is 0 Å². The number of nitrogens with zero attached hydrogens (tertiary/aromatic N) is 4. The Bertz CT molecular complexity index is 1540. The van der Waals surface area contributed by atoms with E-state index in [2.05, 4.69) is 36.5 Å². The van der Waals surface area contributed by atoms with Gasteiger partial charge in [-0.1, -0.05) is 18.7 Å². The lowest BCUT2D eigenvalue weighted by Gasteiger charge is -2.19. The summed E-state index contributed by atoms with van der Waals surface area (Å²) < 4.78 is 28.0. The van der Waals surface area contributed by atoms with Crippen LogP contribution in [-0.4, -0.2) is 68.3 Å². The molecule has 1 aliphatic carbocycles. The van der Waals surface area contributed by atoms with Crippen molar-refractivity contribution in [2.75, 3.05) is 10.6 Å². The van der Waals surface area contributed by atoms with E-state index in [-0.39, 0.29) is 35.0 Å². The lowest BCUT2D eigenvalue weighted by Crippen LogP contribution is -2.35. The van der Waals surface area contributed by atoms with Crippen molar-refractivity contribution in [3.05, 3.63) is 90.4 Å². The van der Waals surface area contributed by atoms with E-state index in [1.54, 1.807) is 29.1 Å². The predicted octanol–water partition coefficient (Wildman–Crippen LogP) is 0.0869. The van der Waals surface area contributed by atoms with Crippen LogP contribution >= 0.6 is 0 Å². The number of benzene rings is 1. The van der Waals surface area contributed by atoms with Gasteiger partial charge in [0.15, 0.2) is 0 Å². The molecule has 0 radical (unpaired) electrons. The van der Waals surface area contributed by atoms with E-state index in [1.807, 2.05) is 6.07 Å². The van der Waals surface area contributed by atoms with E-state index in [4.69, 9.17) is 5.14 Å². The van der Waals surface area contributed by atoms with E-state index in [9.17, 15) is 28.2 Å². The molecule has 2 heterocycles. The first kappa shape index (κ1) is 27.6. The summed E-state index contributed by atoms with van der Waals surface area (Å²) >= 11 is 0. The summed E-state index contributed by atoms with van der Waals surface area (Å²) in [5, 5.41) is 35.4. The molecule has 14 nitrogen and oxygen atoms in total. The highest BCUT2D eigenvalue weighted by Crippen LogP contribution is 2.29.